The van der Waals surface area contributed by atoms with Crippen LogP contribution in [0.25, 0.3) is 0 Å². The van der Waals surface area contributed by atoms with E-state index in [1.807, 2.05) is 30.3 Å². The predicted octanol–water partition coefficient (Wildman–Crippen LogP) is -0.456. The van der Waals surface area contributed by atoms with Crippen LogP contribution in [0.3, 0.4) is 0 Å². The summed E-state index contributed by atoms with van der Waals surface area (Å²) in [6, 6.07) is 9.72. The number of nitrogens with one attached hydrogen (secondary N) is 4. The fourth-order valence-electron chi connectivity index (χ4n) is 1.55. The molecule has 0 aromatic heterocycles. The van der Waals surface area contributed by atoms with Gasteiger partial charge in [0.05, 0.1) is 12.3 Å². The van der Waals surface area contributed by atoms with Crippen molar-refractivity contribution in [3.8, 4) is 0 Å². The molecule has 2 rings (SSSR count). The second-order valence-corrected chi connectivity index (χ2v) is 5.11. The summed E-state index contributed by atoms with van der Waals surface area (Å²) in [5, 5.41) is 5.55. The third-order valence-electron chi connectivity index (χ3n) is 2.49. The average molecular weight is 280 g/mol. The minimum absolute atomic E-state index is 0.0597. The summed E-state index contributed by atoms with van der Waals surface area (Å²) < 4.78 is 0. The molecule has 1 fully saturated rings. The Morgan fingerprint density at radius 2 is 2.16 bits per heavy atom. The highest BCUT2D eigenvalue weighted by atomic mass is 32.2. The molecule has 0 aliphatic carbocycles. The lowest BCUT2D eigenvalue weighted by molar-refractivity contribution is -0.122. The third kappa shape index (κ3) is 4.90. The third-order valence-corrected chi connectivity index (χ3v) is 3.49. The molecular weight excluding hydrogens is 264 g/mol. The van der Waals surface area contributed by atoms with Crippen LogP contribution in [0.1, 0.15) is 5.56 Å². The molecule has 4 N–H and O–H groups in total. The van der Waals surface area contributed by atoms with E-state index < -0.39 is 0 Å². The molecule has 1 aliphatic rings. The molecule has 1 aromatic carbocycles. The number of hydrazine groups is 1. The Morgan fingerprint density at radius 1 is 1.37 bits per heavy atom. The van der Waals surface area contributed by atoms with Crippen LogP contribution in [0.15, 0.2) is 30.3 Å². The van der Waals surface area contributed by atoms with Gasteiger partial charge in [-0.05, 0) is 5.56 Å². The fraction of sp³-hybridized carbons (Fsp3) is 0.333. The molecule has 0 saturated carbocycles. The van der Waals surface area contributed by atoms with Gasteiger partial charge in [0.25, 0.3) is 0 Å². The smallest absolute Gasteiger partial charge is 0.237 e. The molecule has 0 spiro atoms. The number of thioether (sulfide) groups is 1. The van der Waals surface area contributed by atoms with Crippen molar-refractivity contribution < 1.29 is 9.59 Å². The number of benzene rings is 1. The van der Waals surface area contributed by atoms with Gasteiger partial charge in [-0.15, -0.1) is 11.8 Å². The lowest BCUT2D eigenvalue weighted by Crippen LogP contribution is -2.58. The number of hydrogen-bond acceptors (Lipinski definition) is 5. The average Bonchev–Trinajstić information content (AvgIpc) is 2.44. The molecule has 102 valence electrons. The first kappa shape index (κ1) is 13.9. The van der Waals surface area contributed by atoms with E-state index in [2.05, 4.69) is 21.5 Å². The summed E-state index contributed by atoms with van der Waals surface area (Å²) in [4.78, 5) is 22.7. The van der Waals surface area contributed by atoms with Crippen molar-refractivity contribution in [2.45, 2.75) is 12.0 Å². The molecule has 19 heavy (non-hydrogen) atoms. The zero-order valence-electron chi connectivity index (χ0n) is 10.3. The topological polar surface area (TPSA) is 82.3 Å². The molecule has 6 nitrogen and oxygen atoms in total. The SMILES string of the molecule is O=C(CSC1NNCC(=O)N1)NCc1ccccc1. The van der Waals surface area contributed by atoms with Crippen LogP contribution in [0.2, 0.25) is 0 Å². The van der Waals surface area contributed by atoms with Crippen LogP contribution in [-0.2, 0) is 16.1 Å². The molecule has 1 saturated heterocycles. The summed E-state index contributed by atoms with van der Waals surface area (Å²) in [5.41, 5.74) is 6.42. The van der Waals surface area contributed by atoms with Crippen molar-refractivity contribution in [3.05, 3.63) is 35.9 Å². The van der Waals surface area contributed by atoms with Crippen LogP contribution in [0.4, 0.5) is 0 Å². The van der Waals surface area contributed by atoms with Gasteiger partial charge in [0.15, 0.2) is 0 Å². The molecular formula is C12H16N4O2S. The Bertz CT molecular complexity index is 441. The maximum Gasteiger partial charge on any atom is 0.237 e. The summed E-state index contributed by atoms with van der Waals surface area (Å²) in [6.45, 7) is 0.764. The van der Waals surface area contributed by atoms with Gasteiger partial charge in [-0.1, -0.05) is 30.3 Å². The van der Waals surface area contributed by atoms with Crippen LogP contribution < -0.4 is 21.5 Å². The fourth-order valence-corrected chi connectivity index (χ4v) is 2.35. The lowest BCUT2D eigenvalue weighted by Gasteiger charge is -2.24. The van der Waals surface area contributed by atoms with Crippen molar-refractivity contribution in [2.24, 2.45) is 0 Å². The Morgan fingerprint density at radius 3 is 2.89 bits per heavy atom. The summed E-state index contributed by atoms with van der Waals surface area (Å²) in [7, 11) is 0. The number of amides is 2. The van der Waals surface area contributed by atoms with Crippen molar-refractivity contribution >= 4 is 23.6 Å². The second kappa shape index (κ2) is 7.13. The normalized spacial score (nSPS) is 18.7. The first-order chi connectivity index (χ1) is 9.24. The van der Waals surface area contributed by atoms with Crippen LogP contribution >= 0.6 is 11.8 Å². The minimum Gasteiger partial charge on any atom is -0.351 e. The highest BCUT2D eigenvalue weighted by Crippen LogP contribution is 2.06. The van der Waals surface area contributed by atoms with Crippen LogP contribution in [0.5, 0.6) is 0 Å². The van der Waals surface area contributed by atoms with Crippen molar-refractivity contribution in [1.82, 2.24) is 21.5 Å². The molecule has 1 aromatic rings. The minimum atomic E-state index is -0.274. The van der Waals surface area contributed by atoms with E-state index in [1.54, 1.807) is 0 Å². The molecule has 1 aliphatic heterocycles. The standard InChI is InChI=1S/C12H16N4O2S/c17-10-7-14-16-12(15-10)19-8-11(18)13-6-9-4-2-1-3-5-9/h1-5,12,14,16H,6-8H2,(H,13,18)(H,15,17). The van der Waals surface area contributed by atoms with Crippen molar-refractivity contribution in [3.63, 3.8) is 0 Å². The maximum atomic E-state index is 11.6. The first-order valence-corrected chi connectivity index (χ1v) is 6.99. The van der Waals surface area contributed by atoms with Gasteiger partial charge < -0.3 is 10.6 Å². The molecule has 0 bridgehead atoms. The lowest BCUT2D eigenvalue weighted by atomic mass is 10.2. The van der Waals surface area contributed by atoms with E-state index in [1.165, 1.54) is 11.8 Å². The van der Waals surface area contributed by atoms with Gasteiger partial charge in [-0.3, -0.25) is 9.59 Å². The molecule has 1 atom stereocenters. The number of hydrogen-bond donors (Lipinski definition) is 4. The summed E-state index contributed by atoms with van der Waals surface area (Å²) in [5.74, 6) is 0.142. The highest BCUT2D eigenvalue weighted by Gasteiger charge is 2.17. The van der Waals surface area contributed by atoms with Gasteiger partial charge in [-0.2, -0.15) is 0 Å². The Balaban J connectivity index is 1.66. The van der Waals surface area contributed by atoms with Gasteiger partial charge >= 0.3 is 0 Å². The monoisotopic (exact) mass is 280 g/mol. The van der Waals surface area contributed by atoms with E-state index in [-0.39, 0.29) is 29.6 Å². The number of carbonyl (C=O) groups excluding carboxylic acids is 2. The van der Waals surface area contributed by atoms with Crippen molar-refractivity contribution in [2.75, 3.05) is 12.3 Å². The van der Waals surface area contributed by atoms with Gasteiger partial charge in [0.1, 0.15) is 5.50 Å². The van der Waals surface area contributed by atoms with Crippen molar-refractivity contribution in [1.29, 1.82) is 0 Å². The Labute approximate surface area is 115 Å². The highest BCUT2D eigenvalue weighted by molar-refractivity contribution is 8.00. The zero-order valence-corrected chi connectivity index (χ0v) is 11.1. The first-order valence-electron chi connectivity index (χ1n) is 5.94. The maximum absolute atomic E-state index is 11.6. The van der Waals surface area contributed by atoms with E-state index in [0.29, 0.717) is 6.54 Å². The van der Waals surface area contributed by atoms with E-state index in [4.69, 9.17) is 0 Å². The second-order valence-electron chi connectivity index (χ2n) is 4.02. The summed E-state index contributed by atoms with van der Waals surface area (Å²) >= 11 is 1.33. The Hall–Kier alpha value is -1.57. The van der Waals surface area contributed by atoms with Crippen LogP contribution in [0, 0.1) is 0 Å². The zero-order chi connectivity index (χ0) is 13.5. The number of carbonyl (C=O) groups is 2. The van der Waals surface area contributed by atoms with Gasteiger partial charge in [0, 0.05) is 6.54 Å². The molecule has 1 heterocycles. The van der Waals surface area contributed by atoms with E-state index >= 15 is 0 Å². The number of rotatable bonds is 5. The van der Waals surface area contributed by atoms with E-state index in [9.17, 15) is 9.59 Å². The molecule has 0 radical (unpaired) electrons. The molecule has 7 heteroatoms. The Kier molecular flexibility index (Phi) is 5.20. The quantitative estimate of drug-likeness (QED) is 0.587. The van der Waals surface area contributed by atoms with E-state index in [0.717, 1.165) is 5.56 Å². The summed E-state index contributed by atoms with van der Waals surface area (Å²) in [6.07, 6.45) is 0. The van der Waals surface area contributed by atoms with Crippen LogP contribution in [-0.4, -0.2) is 29.6 Å². The largest absolute Gasteiger partial charge is 0.351 e. The molecule has 2 amide bonds. The van der Waals surface area contributed by atoms with Gasteiger partial charge in [0.2, 0.25) is 11.8 Å². The predicted molar refractivity (Wildman–Crippen MR) is 73.8 cm³/mol. The van der Waals surface area contributed by atoms with Gasteiger partial charge in [-0.25, -0.2) is 10.9 Å². The molecule has 1 unspecified atom stereocenters.